The molecule has 1 amide bonds. The molecule has 1 aliphatic rings. The summed E-state index contributed by atoms with van der Waals surface area (Å²) in [6.07, 6.45) is 1.11. The minimum atomic E-state index is -2.94. The molecule has 1 saturated heterocycles. The average Bonchev–Trinajstić information content (AvgIpc) is 2.53. The maximum Gasteiger partial charge on any atom is 0.387 e. The molecular formula is C15H17F2NO5. The van der Waals surface area contributed by atoms with E-state index in [9.17, 15) is 23.5 Å². The highest BCUT2D eigenvalue weighted by molar-refractivity contribution is 5.96. The van der Waals surface area contributed by atoms with Crippen LogP contribution < -0.4 is 10.1 Å². The van der Waals surface area contributed by atoms with E-state index in [2.05, 4.69) is 10.1 Å². The maximum absolute atomic E-state index is 12.1. The molecule has 0 aliphatic carbocycles. The number of carboxylic acids is 1. The van der Waals surface area contributed by atoms with Crippen LogP contribution in [0.15, 0.2) is 24.3 Å². The Morgan fingerprint density at radius 3 is 2.35 bits per heavy atom. The number of alkyl halides is 2. The standard InChI is InChI=1S/C15H17F2NO5/c16-15(17)23-11-3-1-10(2-4-11)13(19)18-12(14(20)21)9-5-7-22-8-6-9/h1-4,9,12,15H,5-8H2,(H,18,19)(H,20,21). The van der Waals surface area contributed by atoms with E-state index in [4.69, 9.17) is 4.74 Å². The molecular weight excluding hydrogens is 312 g/mol. The summed E-state index contributed by atoms with van der Waals surface area (Å²) in [5, 5.41) is 11.8. The minimum Gasteiger partial charge on any atom is -0.480 e. The van der Waals surface area contributed by atoms with Gasteiger partial charge in [0.25, 0.3) is 5.91 Å². The first-order valence-electron chi connectivity index (χ1n) is 7.13. The van der Waals surface area contributed by atoms with Crippen molar-refractivity contribution in [3.63, 3.8) is 0 Å². The Balaban J connectivity index is 2.01. The van der Waals surface area contributed by atoms with E-state index in [1.165, 1.54) is 24.3 Å². The van der Waals surface area contributed by atoms with E-state index in [0.717, 1.165) is 0 Å². The van der Waals surface area contributed by atoms with E-state index < -0.39 is 24.5 Å². The van der Waals surface area contributed by atoms with Crippen molar-refractivity contribution >= 4 is 11.9 Å². The molecule has 0 bridgehead atoms. The quantitative estimate of drug-likeness (QED) is 0.833. The Kier molecular flexibility index (Phi) is 5.86. The van der Waals surface area contributed by atoms with Crippen molar-refractivity contribution in [2.24, 2.45) is 5.92 Å². The molecule has 1 fully saturated rings. The summed E-state index contributed by atoms with van der Waals surface area (Å²) in [4.78, 5) is 23.5. The monoisotopic (exact) mass is 329 g/mol. The predicted octanol–water partition coefficient (Wildman–Crippen LogP) is 1.90. The number of hydrogen-bond acceptors (Lipinski definition) is 4. The third-order valence-corrected chi connectivity index (χ3v) is 3.63. The maximum atomic E-state index is 12.1. The molecule has 0 radical (unpaired) electrons. The molecule has 1 atom stereocenters. The van der Waals surface area contributed by atoms with Gasteiger partial charge in [-0.2, -0.15) is 8.78 Å². The molecule has 2 rings (SSSR count). The Morgan fingerprint density at radius 2 is 1.83 bits per heavy atom. The van der Waals surface area contributed by atoms with Gasteiger partial charge in [-0.05, 0) is 43.0 Å². The SMILES string of the molecule is O=C(NC(C(=O)O)C1CCOCC1)c1ccc(OC(F)F)cc1. The molecule has 126 valence electrons. The van der Waals surface area contributed by atoms with E-state index >= 15 is 0 Å². The van der Waals surface area contributed by atoms with Crippen LogP contribution in [0.5, 0.6) is 5.75 Å². The number of amides is 1. The molecule has 0 aromatic heterocycles. The molecule has 23 heavy (non-hydrogen) atoms. The number of halogens is 2. The summed E-state index contributed by atoms with van der Waals surface area (Å²) in [6, 6.07) is 4.05. The van der Waals surface area contributed by atoms with Gasteiger partial charge in [-0.25, -0.2) is 4.79 Å². The highest BCUT2D eigenvalue weighted by Crippen LogP contribution is 2.20. The first-order chi connectivity index (χ1) is 11.0. The Bertz CT molecular complexity index is 543. The van der Waals surface area contributed by atoms with E-state index in [-0.39, 0.29) is 17.2 Å². The lowest BCUT2D eigenvalue weighted by Crippen LogP contribution is -2.47. The molecule has 8 heteroatoms. The number of nitrogens with one attached hydrogen (secondary N) is 1. The normalized spacial score (nSPS) is 16.8. The zero-order valence-corrected chi connectivity index (χ0v) is 12.2. The fraction of sp³-hybridized carbons (Fsp3) is 0.467. The van der Waals surface area contributed by atoms with Gasteiger partial charge < -0.3 is 19.9 Å². The first-order valence-corrected chi connectivity index (χ1v) is 7.13. The summed E-state index contributed by atoms with van der Waals surface area (Å²) in [5.74, 6) is -1.96. The van der Waals surface area contributed by atoms with E-state index in [1.54, 1.807) is 0 Å². The molecule has 6 nitrogen and oxygen atoms in total. The van der Waals surface area contributed by atoms with E-state index in [1.807, 2.05) is 0 Å². The largest absolute Gasteiger partial charge is 0.480 e. The second-order valence-corrected chi connectivity index (χ2v) is 5.14. The third kappa shape index (κ3) is 4.88. The number of carbonyl (C=O) groups excluding carboxylic acids is 1. The van der Waals surface area contributed by atoms with Gasteiger partial charge in [0, 0.05) is 18.8 Å². The molecule has 1 heterocycles. The van der Waals surface area contributed by atoms with Gasteiger partial charge in [0.1, 0.15) is 11.8 Å². The van der Waals surface area contributed by atoms with Gasteiger partial charge in [-0.3, -0.25) is 4.79 Å². The fourth-order valence-corrected chi connectivity index (χ4v) is 2.44. The van der Waals surface area contributed by atoms with Crippen molar-refractivity contribution in [2.45, 2.75) is 25.5 Å². The molecule has 0 spiro atoms. The number of aliphatic carboxylic acids is 1. The Morgan fingerprint density at radius 1 is 1.22 bits per heavy atom. The summed E-state index contributed by atoms with van der Waals surface area (Å²) < 4.78 is 33.5. The van der Waals surface area contributed by atoms with Crippen molar-refractivity contribution in [1.82, 2.24) is 5.32 Å². The van der Waals surface area contributed by atoms with Crippen molar-refractivity contribution in [3.05, 3.63) is 29.8 Å². The molecule has 1 aliphatic heterocycles. The van der Waals surface area contributed by atoms with Crippen LogP contribution in [0.2, 0.25) is 0 Å². The van der Waals surface area contributed by atoms with Crippen LogP contribution in [-0.4, -0.2) is 42.9 Å². The van der Waals surface area contributed by atoms with Crippen molar-refractivity contribution < 1.29 is 33.0 Å². The van der Waals surface area contributed by atoms with Crippen LogP contribution in [0, 0.1) is 5.92 Å². The van der Waals surface area contributed by atoms with Crippen LogP contribution in [0.3, 0.4) is 0 Å². The van der Waals surface area contributed by atoms with Gasteiger partial charge in [-0.1, -0.05) is 0 Å². The summed E-state index contributed by atoms with van der Waals surface area (Å²) in [7, 11) is 0. The number of rotatable bonds is 6. The molecule has 1 aromatic carbocycles. The lowest BCUT2D eigenvalue weighted by Gasteiger charge is -2.28. The Labute approximate surface area is 131 Å². The zero-order valence-electron chi connectivity index (χ0n) is 12.2. The van der Waals surface area contributed by atoms with Crippen molar-refractivity contribution in [3.8, 4) is 5.75 Å². The average molecular weight is 329 g/mol. The highest BCUT2D eigenvalue weighted by atomic mass is 19.3. The van der Waals surface area contributed by atoms with Gasteiger partial charge >= 0.3 is 12.6 Å². The number of hydrogen-bond donors (Lipinski definition) is 2. The summed E-state index contributed by atoms with van der Waals surface area (Å²) >= 11 is 0. The number of carbonyl (C=O) groups is 2. The van der Waals surface area contributed by atoms with Crippen molar-refractivity contribution in [1.29, 1.82) is 0 Å². The molecule has 0 saturated carbocycles. The zero-order chi connectivity index (χ0) is 16.8. The topological polar surface area (TPSA) is 84.9 Å². The highest BCUT2D eigenvalue weighted by Gasteiger charge is 2.31. The van der Waals surface area contributed by atoms with E-state index in [0.29, 0.717) is 26.1 Å². The van der Waals surface area contributed by atoms with Gasteiger partial charge in [0.2, 0.25) is 0 Å². The fourth-order valence-electron chi connectivity index (χ4n) is 2.44. The third-order valence-electron chi connectivity index (χ3n) is 3.63. The molecule has 1 unspecified atom stereocenters. The first kappa shape index (κ1) is 17.1. The predicted molar refractivity (Wildman–Crippen MR) is 75.5 cm³/mol. The van der Waals surface area contributed by atoms with Crippen LogP contribution in [-0.2, 0) is 9.53 Å². The smallest absolute Gasteiger partial charge is 0.387 e. The van der Waals surface area contributed by atoms with Gasteiger partial charge in [0.15, 0.2) is 0 Å². The Hall–Kier alpha value is -2.22. The number of carboxylic acid groups (broad SMARTS) is 1. The number of benzene rings is 1. The lowest BCUT2D eigenvalue weighted by molar-refractivity contribution is -0.141. The summed E-state index contributed by atoms with van der Waals surface area (Å²) in [6.45, 7) is -2.02. The van der Waals surface area contributed by atoms with Crippen molar-refractivity contribution in [2.75, 3.05) is 13.2 Å². The molecule has 2 N–H and O–H groups in total. The van der Waals surface area contributed by atoms with Crippen LogP contribution in [0.4, 0.5) is 8.78 Å². The summed E-state index contributed by atoms with van der Waals surface area (Å²) in [5.41, 5.74) is 0.171. The second kappa shape index (κ2) is 7.87. The van der Waals surface area contributed by atoms with Crippen LogP contribution >= 0.6 is 0 Å². The minimum absolute atomic E-state index is 0.0734. The van der Waals surface area contributed by atoms with Crippen LogP contribution in [0.25, 0.3) is 0 Å². The van der Waals surface area contributed by atoms with Crippen LogP contribution in [0.1, 0.15) is 23.2 Å². The van der Waals surface area contributed by atoms with Gasteiger partial charge in [0.05, 0.1) is 0 Å². The molecule has 1 aromatic rings. The second-order valence-electron chi connectivity index (χ2n) is 5.14. The lowest BCUT2D eigenvalue weighted by atomic mass is 9.91. The number of ether oxygens (including phenoxy) is 2. The van der Waals surface area contributed by atoms with Gasteiger partial charge in [-0.15, -0.1) is 0 Å².